The van der Waals surface area contributed by atoms with Crippen molar-refractivity contribution in [3.63, 3.8) is 0 Å². The smallest absolute Gasteiger partial charge is 0.308 e. The van der Waals surface area contributed by atoms with Crippen LogP contribution in [0.2, 0.25) is 0 Å². The molecule has 0 aromatic heterocycles. The van der Waals surface area contributed by atoms with Crippen molar-refractivity contribution in [2.45, 2.75) is 45.1 Å². The number of carbonyl (C=O) groups excluding carboxylic acids is 3. The van der Waals surface area contributed by atoms with Gasteiger partial charge in [-0.05, 0) is 30.9 Å². The molecule has 1 heterocycles. The van der Waals surface area contributed by atoms with Gasteiger partial charge in [-0.2, -0.15) is 0 Å². The summed E-state index contributed by atoms with van der Waals surface area (Å²) in [6.45, 7) is 2.00. The second-order valence-electron chi connectivity index (χ2n) is 7.15. The zero-order chi connectivity index (χ0) is 19.2. The van der Waals surface area contributed by atoms with Crippen molar-refractivity contribution in [1.29, 1.82) is 0 Å². The van der Waals surface area contributed by atoms with Crippen LogP contribution in [0.1, 0.15) is 39.0 Å². The summed E-state index contributed by atoms with van der Waals surface area (Å²) in [6.07, 6.45) is 4.42. The van der Waals surface area contributed by atoms with E-state index in [4.69, 9.17) is 9.47 Å². The molecule has 2 atom stereocenters. The van der Waals surface area contributed by atoms with Gasteiger partial charge in [-0.25, -0.2) is 0 Å². The van der Waals surface area contributed by atoms with Gasteiger partial charge in [0.05, 0.1) is 12.1 Å². The average molecular weight is 374 g/mol. The van der Waals surface area contributed by atoms with Gasteiger partial charge < -0.3 is 19.7 Å². The van der Waals surface area contributed by atoms with Crippen molar-refractivity contribution in [1.82, 2.24) is 5.32 Å². The van der Waals surface area contributed by atoms with Gasteiger partial charge >= 0.3 is 5.97 Å². The molecule has 1 saturated carbocycles. The normalized spacial score (nSPS) is 21.8. The summed E-state index contributed by atoms with van der Waals surface area (Å²) >= 11 is 0. The number of hydrogen-bond donors (Lipinski definition) is 1. The Morgan fingerprint density at radius 3 is 2.85 bits per heavy atom. The number of fused-ring (bicyclic) bond motifs is 1. The largest absolute Gasteiger partial charge is 0.482 e. The van der Waals surface area contributed by atoms with Crippen LogP contribution in [0.4, 0.5) is 5.69 Å². The summed E-state index contributed by atoms with van der Waals surface area (Å²) < 4.78 is 10.4. The molecule has 0 radical (unpaired) electrons. The van der Waals surface area contributed by atoms with E-state index in [9.17, 15) is 14.4 Å². The maximum atomic E-state index is 12.1. The Hall–Kier alpha value is -2.57. The first-order valence-corrected chi connectivity index (χ1v) is 9.52. The number of benzene rings is 1. The zero-order valence-electron chi connectivity index (χ0n) is 15.6. The quantitative estimate of drug-likeness (QED) is 0.770. The van der Waals surface area contributed by atoms with Crippen LogP contribution in [-0.4, -0.2) is 43.6 Å². The highest BCUT2D eigenvalue weighted by Crippen LogP contribution is 2.31. The Morgan fingerprint density at radius 1 is 1.26 bits per heavy atom. The number of rotatable bonds is 6. The Kier molecular flexibility index (Phi) is 6.32. The number of nitrogens with zero attached hydrogens (tertiary/aromatic N) is 1. The van der Waals surface area contributed by atoms with Crippen molar-refractivity contribution < 1.29 is 23.9 Å². The predicted molar refractivity (Wildman–Crippen MR) is 99.4 cm³/mol. The van der Waals surface area contributed by atoms with Crippen LogP contribution in [0.25, 0.3) is 0 Å². The minimum Gasteiger partial charge on any atom is -0.482 e. The molecule has 1 aromatic carbocycles. The van der Waals surface area contributed by atoms with Gasteiger partial charge in [-0.15, -0.1) is 0 Å². The minimum atomic E-state index is -0.501. The second-order valence-corrected chi connectivity index (χ2v) is 7.15. The van der Waals surface area contributed by atoms with Crippen molar-refractivity contribution >= 4 is 23.5 Å². The van der Waals surface area contributed by atoms with Gasteiger partial charge in [0, 0.05) is 12.6 Å². The fourth-order valence-corrected chi connectivity index (χ4v) is 3.60. The van der Waals surface area contributed by atoms with E-state index in [0.717, 1.165) is 19.3 Å². The number of anilines is 1. The SMILES string of the molecule is C[C@@H]1CCCC[C@@H]1NC(=O)COC(=O)CCN1C(=O)COc2ccccc21. The molecule has 2 amide bonds. The maximum absolute atomic E-state index is 12.1. The third-order valence-corrected chi connectivity index (χ3v) is 5.17. The highest BCUT2D eigenvalue weighted by molar-refractivity contribution is 5.98. The number of esters is 1. The molecule has 0 bridgehead atoms. The van der Waals surface area contributed by atoms with Gasteiger partial charge in [0.1, 0.15) is 5.75 Å². The average Bonchev–Trinajstić information content (AvgIpc) is 2.67. The fraction of sp³-hybridized carbons (Fsp3) is 0.550. The molecule has 1 N–H and O–H groups in total. The maximum Gasteiger partial charge on any atom is 0.308 e. The van der Waals surface area contributed by atoms with Crippen molar-refractivity contribution in [3.8, 4) is 5.75 Å². The second kappa shape index (κ2) is 8.88. The van der Waals surface area contributed by atoms with E-state index in [1.165, 1.54) is 11.3 Å². The Morgan fingerprint density at radius 2 is 2.04 bits per heavy atom. The Balaban J connectivity index is 1.43. The van der Waals surface area contributed by atoms with Crippen LogP contribution in [0, 0.1) is 5.92 Å². The molecule has 1 aliphatic heterocycles. The Bertz CT molecular complexity index is 705. The summed E-state index contributed by atoms with van der Waals surface area (Å²) in [4.78, 5) is 37.6. The molecule has 7 heteroatoms. The number of nitrogens with one attached hydrogen (secondary N) is 1. The third kappa shape index (κ3) is 4.99. The molecule has 0 spiro atoms. The summed E-state index contributed by atoms with van der Waals surface area (Å²) in [7, 11) is 0. The standard InChI is InChI=1S/C20H26N2O5/c1-14-6-2-3-7-15(14)21-18(23)12-27-20(25)10-11-22-16-8-4-5-9-17(16)26-13-19(22)24/h4-5,8-9,14-15H,2-3,6-7,10-13H2,1H3,(H,21,23)/t14-,15+/m1/s1. The lowest BCUT2D eigenvalue weighted by Gasteiger charge is -2.29. The van der Waals surface area contributed by atoms with Gasteiger partial charge in [0.25, 0.3) is 11.8 Å². The molecule has 146 valence electrons. The fourth-order valence-electron chi connectivity index (χ4n) is 3.60. The van der Waals surface area contributed by atoms with Gasteiger partial charge in [-0.3, -0.25) is 14.4 Å². The first-order chi connectivity index (χ1) is 13.0. The van der Waals surface area contributed by atoms with Crippen LogP contribution in [0.3, 0.4) is 0 Å². The predicted octanol–water partition coefficient (Wildman–Crippen LogP) is 2.04. The lowest BCUT2D eigenvalue weighted by Crippen LogP contribution is -2.43. The van der Waals surface area contributed by atoms with E-state index in [-0.39, 0.29) is 44.0 Å². The monoisotopic (exact) mass is 374 g/mol. The molecule has 1 aliphatic carbocycles. The van der Waals surface area contributed by atoms with Crippen LogP contribution in [0.5, 0.6) is 5.75 Å². The molecule has 0 saturated heterocycles. The van der Waals surface area contributed by atoms with Crippen molar-refractivity contribution in [2.24, 2.45) is 5.92 Å². The van der Waals surface area contributed by atoms with Crippen LogP contribution < -0.4 is 15.0 Å². The number of hydrogen-bond acceptors (Lipinski definition) is 5. The van der Waals surface area contributed by atoms with Crippen LogP contribution >= 0.6 is 0 Å². The third-order valence-electron chi connectivity index (χ3n) is 5.17. The van der Waals surface area contributed by atoms with E-state index in [0.29, 0.717) is 17.4 Å². The van der Waals surface area contributed by atoms with Gasteiger partial charge in [0.15, 0.2) is 13.2 Å². The van der Waals surface area contributed by atoms with Crippen molar-refractivity contribution in [2.75, 3.05) is 24.7 Å². The molecular weight excluding hydrogens is 348 g/mol. The first kappa shape index (κ1) is 19.2. The molecule has 1 fully saturated rings. The highest BCUT2D eigenvalue weighted by Gasteiger charge is 2.26. The molecule has 1 aromatic rings. The van der Waals surface area contributed by atoms with E-state index in [1.54, 1.807) is 12.1 Å². The summed E-state index contributed by atoms with van der Waals surface area (Å²) in [5.74, 6) is 0.0938. The summed E-state index contributed by atoms with van der Waals surface area (Å²) in [5, 5.41) is 2.95. The summed E-state index contributed by atoms with van der Waals surface area (Å²) in [6, 6.07) is 7.35. The van der Waals surface area contributed by atoms with E-state index in [1.807, 2.05) is 12.1 Å². The molecule has 27 heavy (non-hydrogen) atoms. The number of para-hydroxylation sites is 2. The van der Waals surface area contributed by atoms with E-state index >= 15 is 0 Å². The first-order valence-electron chi connectivity index (χ1n) is 9.52. The number of carbonyl (C=O) groups is 3. The topological polar surface area (TPSA) is 84.9 Å². The highest BCUT2D eigenvalue weighted by atomic mass is 16.5. The molecule has 7 nitrogen and oxygen atoms in total. The van der Waals surface area contributed by atoms with Crippen molar-refractivity contribution in [3.05, 3.63) is 24.3 Å². The Labute approximate surface area is 159 Å². The molecule has 0 unspecified atom stereocenters. The van der Waals surface area contributed by atoms with Gasteiger partial charge in [0.2, 0.25) is 0 Å². The lowest BCUT2D eigenvalue weighted by molar-refractivity contribution is -0.148. The number of amides is 2. The van der Waals surface area contributed by atoms with Crippen LogP contribution in [-0.2, 0) is 19.1 Å². The van der Waals surface area contributed by atoms with E-state index in [2.05, 4.69) is 12.2 Å². The minimum absolute atomic E-state index is 0.0210. The molecule has 2 aliphatic rings. The van der Waals surface area contributed by atoms with E-state index < -0.39 is 5.97 Å². The lowest BCUT2D eigenvalue weighted by atomic mass is 9.86. The zero-order valence-corrected chi connectivity index (χ0v) is 15.6. The number of ether oxygens (including phenoxy) is 2. The molecule has 3 rings (SSSR count). The summed E-state index contributed by atoms with van der Waals surface area (Å²) in [5.41, 5.74) is 0.644. The van der Waals surface area contributed by atoms with Crippen LogP contribution in [0.15, 0.2) is 24.3 Å². The van der Waals surface area contributed by atoms with Gasteiger partial charge in [-0.1, -0.05) is 31.9 Å². The molecular formula is C20H26N2O5.